The summed E-state index contributed by atoms with van der Waals surface area (Å²) in [4.78, 5) is 33.8. The largest absolute Gasteiger partial charge is 0.493 e. The summed E-state index contributed by atoms with van der Waals surface area (Å²) in [5, 5.41) is 11.9. The second-order valence-corrected chi connectivity index (χ2v) is 9.72. The molecular weight excluding hydrogens is 520 g/mol. The maximum absolute atomic E-state index is 13.4. The van der Waals surface area contributed by atoms with Crippen LogP contribution in [0.25, 0.3) is 0 Å². The summed E-state index contributed by atoms with van der Waals surface area (Å²) in [5.74, 6) is -0.0999. The summed E-state index contributed by atoms with van der Waals surface area (Å²) < 4.78 is 28.2. The van der Waals surface area contributed by atoms with E-state index >= 15 is 0 Å². The molecule has 218 valence electrons. The molecule has 2 heterocycles. The minimum Gasteiger partial charge on any atom is -0.493 e. The van der Waals surface area contributed by atoms with Crippen LogP contribution in [0.3, 0.4) is 0 Å². The molecule has 0 aliphatic carbocycles. The van der Waals surface area contributed by atoms with Crippen molar-refractivity contribution in [2.24, 2.45) is 5.92 Å². The lowest BCUT2D eigenvalue weighted by atomic mass is 9.85. The number of benzene rings is 2. The second-order valence-electron chi connectivity index (χ2n) is 9.72. The van der Waals surface area contributed by atoms with Gasteiger partial charge in [0.05, 0.1) is 39.3 Å². The molecule has 2 aliphatic rings. The fourth-order valence-corrected chi connectivity index (χ4v) is 5.23. The van der Waals surface area contributed by atoms with E-state index in [-0.39, 0.29) is 25.9 Å². The number of likely N-dealkylation sites (tertiary alicyclic amines) is 1. The molecule has 1 N–H and O–H groups in total. The summed E-state index contributed by atoms with van der Waals surface area (Å²) in [6.45, 7) is 5.19. The zero-order valence-corrected chi connectivity index (χ0v) is 23.5. The number of carbonyl (C=O) groups is 2. The van der Waals surface area contributed by atoms with E-state index in [1.54, 1.807) is 31.4 Å². The number of ether oxygens (including phenoxy) is 5. The normalized spacial score (nSPS) is 19.9. The van der Waals surface area contributed by atoms with E-state index in [1.807, 2.05) is 30.9 Å². The fourth-order valence-electron chi connectivity index (χ4n) is 5.23. The number of carboxylic acid groups (broad SMARTS) is 1. The van der Waals surface area contributed by atoms with Crippen LogP contribution in [0, 0.1) is 5.92 Å². The first-order valence-corrected chi connectivity index (χ1v) is 13.5. The number of aliphatic carboxylic acids is 1. The Kier molecular flexibility index (Phi) is 9.94. The molecule has 1 amide bonds. The molecule has 0 radical (unpaired) electrons. The van der Waals surface area contributed by atoms with Gasteiger partial charge >= 0.3 is 5.97 Å². The fraction of sp³-hybridized carbons (Fsp3) is 0.517. The Morgan fingerprint density at radius 3 is 2.48 bits per heavy atom. The lowest BCUT2D eigenvalue weighted by Gasteiger charge is -2.29. The molecule has 0 spiro atoms. The molecule has 0 aromatic heterocycles. The van der Waals surface area contributed by atoms with E-state index < -0.39 is 23.8 Å². The Bertz CT molecular complexity index is 1170. The Balaban J connectivity index is 1.66. The van der Waals surface area contributed by atoms with Gasteiger partial charge in [-0.15, -0.1) is 0 Å². The Hall–Kier alpha value is -3.70. The first-order valence-electron chi connectivity index (χ1n) is 13.5. The number of para-hydroxylation sites is 2. The zero-order valence-electron chi connectivity index (χ0n) is 23.5. The lowest BCUT2D eigenvalue weighted by molar-refractivity contribution is -0.188. The van der Waals surface area contributed by atoms with Gasteiger partial charge in [-0.05, 0) is 42.7 Å². The zero-order chi connectivity index (χ0) is 28.6. The quantitative estimate of drug-likeness (QED) is 0.345. The SMILES string of the molecule is CCCON(CCC)C(=O)CN1C[C@H](c2cc(OC)c3c(c2)OCO3)[C@@H](C(=O)O)[C@@H]1COc1ccccc1OC. The van der Waals surface area contributed by atoms with Gasteiger partial charge in [0, 0.05) is 19.0 Å². The third-order valence-corrected chi connectivity index (χ3v) is 7.12. The summed E-state index contributed by atoms with van der Waals surface area (Å²) >= 11 is 0. The number of hydrogen-bond donors (Lipinski definition) is 1. The average Bonchev–Trinajstić information content (AvgIpc) is 3.58. The van der Waals surface area contributed by atoms with Crippen LogP contribution < -0.4 is 23.7 Å². The third kappa shape index (κ3) is 6.37. The first kappa shape index (κ1) is 29.3. The Labute approximate surface area is 234 Å². The van der Waals surface area contributed by atoms with Crippen molar-refractivity contribution in [3.05, 3.63) is 42.0 Å². The van der Waals surface area contributed by atoms with Crippen molar-refractivity contribution < 1.29 is 43.2 Å². The predicted octanol–water partition coefficient (Wildman–Crippen LogP) is 3.56. The van der Waals surface area contributed by atoms with Gasteiger partial charge < -0.3 is 28.8 Å². The molecule has 40 heavy (non-hydrogen) atoms. The molecule has 3 atom stereocenters. The highest BCUT2D eigenvalue weighted by Gasteiger charge is 2.48. The van der Waals surface area contributed by atoms with E-state index in [9.17, 15) is 14.7 Å². The second kappa shape index (κ2) is 13.6. The topological polar surface area (TPSA) is 116 Å². The van der Waals surface area contributed by atoms with Crippen LogP contribution in [0.1, 0.15) is 38.2 Å². The van der Waals surface area contributed by atoms with Crippen LogP contribution in [-0.4, -0.2) is 86.8 Å². The van der Waals surface area contributed by atoms with Crippen molar-refractivity contribution in [2.45, 2.75) is 38.6 Å². The van der Waals surface area contributed by atoms with E-state index in [1.165, 1.54) is 12.2 Å². The number of methoxy groups -OCH3 is 2. The maximum atomic E-state index is 13.4. The van der Waals surface area contributed by atoms with E-state index in [0.29, 0.717) is 48.4 Å². The molecule has 0 bridgehead atoms. The van der Waals surface area contributed by atoms with Crippen molar-refractivity contribution in [2.75, 3.05) is 53.9 Å². The monoisotopic (exact) mass is 558 g/mol. The standard InChI is InChI=1S/C29H38N2O9/c1-5-11-31(40-12-6-2)26(32)16-30-15-20(19-13-24(36-4)28-25(14-19)38-18-39-28)27(29(33)34)21(30)17-37-23-10-8-7-9-22(23)35-3/h7-10,13-14,20-21,27H,5-6,11-12,15-18H2,1-4H3,(H,33,34)/t20-,21+,27-/m1/s1. The van der Waals surface area contributed by atoms with Crippen molar-refractivity contribution in [1.29, 1.82) is 0 Å². The number of carbonyl (C=O) groups excluding carboxylic acids is 1. The number of nitrogens with zero attached hydrogens (tertiary/aromatic N) is 2. The van der Waals surface area contributed by atoms with Gasteiger partial charge in [0.1, 0.15) is 6.61 Å². The minimum atomic E-state index is -0.988. The van der Waals surface area contributed by atoms with Crippen LogP contribution in [0.5, 0.6) is 28.7 Å². The highest BCUT2D eigenvalue weighted by molar-refractivity contribution is 5.78. The molecular formula is C29H38N2O9. The van der Waals surface area contributed by atoms with Crippen LogP contribution in [0.15, 0.2) is 36.4 Å². The number of rotatable bonds is 14. The average molecular weight is 559 g/mol. The van der Waals surface area contributed by atoms with Crippen LogP contribution >= 0.6 is 0 Å². The van der Waals surface area contributed by atoms with Crippen LogP contribution in [0.2, 0.25) is 0 Å². The van der Waals surface area contributed by atoms with Gasteiger partial charge in [0.15, 0.2) is 23.0 Å². The van der Waals surface area contributed by atoms with Gasteiger partial charge in [-0.1, -0.05) is 26.0 Å². The maximum Gasteiger partial charge on any atom is 0.308 e. The summed E-state index contributed by atoms with van der Waals surface area (Å²) in [7, 11) is 3.07. The molecule has 1 saturated heterocycles. The molecule has 0 unspecified atom stereocenters. The number of hydroxylamine groups is 2. The Morgan fingerprint density at radius 2 is 1.80 bits per heavy atom. The molecule has 2 aliphatic heterocycles. The Morgan fingerprint density at radius 1 is 1.05 bits per heavy atom. The van der Waals surface area contributed by atoms with Gasteiger partial charge in [-0.3, -0.25) is 19.3 Å². The van der Waals surface area contributed by atoms with E-state index in [0.717, 1.165) is 18.4 Å². The van der Waals surface area contributed by atoms with Gasteiger partial charge in [-0.25, -0.2) is 5.06 Å². The lowest BCUT2D eigenvalue weighted by Crippen LogP contribution is -2.46. The number of fused-ring (bicyclic) bond motifs is 1. The van der Waals surface area contributed by atoms with Gasteiger partial charge in [0.25, 0.3) is 5.91 Å². The molecule has 4 rings (SSSR count). The van der Waals surface area contributed by atoms with Gasteiger partial charge in [0.2, 0.25) is 12.5 Å². The van der Waals surface area contributed by atoms with Crippen molar-refractivity contribution in [3.8, 4) is 28.7 Å². The molecule has 2 aromatic rings. The minimum absolute atomic E-state index is 0.0222. The summed E-state index contributed by atoms with van der Waals surface area (Å²) in [6.07, 6.45) is 1.49. The van der Waals surface area contributed by atoms with E-state index in [2.05, 4.69) is 0 Å². The first-order chi connectivity index (χ1) is 19.4. The molecule has 11 heteroatoms. The predicted molar refractivity (Wildman–Crippen MR) is 145 cm³/mol. The van der Waals surface area contributed by atoms with Crippen molar-refractivity contribution in [3.63, 3.8) is 0 Å². The highest BCUT2D eigenvalue weighted by Crippen LogP contribution is 2.47. The molecule has 0 saturated carbocycles. The smallest absolute Gasteiger partial charge is 0.308 e. The third-order valence-electron chi connectivity index (χ3n) is 7.12. The van der Waals surface area contributed by atoms with Crippen molar-refractivity contribution >= 4 is 11.9 Å². The number of amides is 1. The van der Waals surface area contributed by atoms with Crippen molar-refractivity contribution in [1.82, 2.24) is 9.96 Å². The van der Waals surface area contributed by atoms with Gasteiger partial charge in [-0.2, -0.15) is 0 Å². The van der Waals surface area contributed by atoms with E-state index in [4.69, 9.17) is 28.5 Å². The van der Waals surface area contributed by atoms with Crippen LogP contribution in [-0.2, 0) is 14.4 Å². The number of carboxylic acids is 1. The highest BCUT2D eigenvalue weighted by atomic mass is 16.7. The summed E-state index contributed by atoms with van der Waals surface area (Å²) in [6, 6.07) is 10.1. The molecule has 1 fully saturated rings. The summed E-state index contributed by atoms with van der Waals surface area (Å²) in [5.41, 5.74) is 0.721. The molecule has 2 aromatic carbocycles. The number of hydrogen-bond acceptors (Lipinski definition) is 9. The molecule has 11 nitrogen and oxygen atoms in total. The van der Waals surface area contributed by atoms with Crippen LogP contribution in [0.4, 0.5) is 0 Å².